The Labute approximate surface area is 218 Å². The summed E-state index contributed by atoms with van der Waals surface area (Å²) < 4.78 is 35.3. The van der Waals surface area contributed by atoms with E-state index < -0.39 is 20.6 Å². The average molecular weight is 553 g/mol. The number of nitrogens with one attached hydrogen (secondary N) is 1. The van der Waals surface area contributed by atoms with Crippen LogP contribution in [-0.4, -0.2) is 78.3 Å². The van der Waals surface area contributed by atoms with Crippen LogP contribution in [0.1, 0.15) is 29.6 Å². The normalized spacial score (nSPS) is 19.1. The molecule has 1 N–H and O–H groups in total. The van der Waals surface area contributed by atoms with Gasteiger partial charge in [-0.15, -0.1) is 0 Å². The summed E-state index contributed by atoms with van der Waals surface area (Å²) >= 11 is 6.03. The van der Waals surface area contributed by atoms with E-state index in [1.165, 1.54) is 0 Å². The highest BCUT2D eigenvalue weighted by molar-refractivity contribution is 7.91. The van der Waals surface area contributed by atoms with Gasteiger partial charge < -0.3 is 15.1 Å². The third-order valence-electron chi connectivity index (χ3n) is 6.58. The molecule has 0 saturated carbocycles. The molecule has 1 aromatic heterocycles. The van der Waals surface area contributed by atoms with E-state index in [4.69, 9.17) is 11.6 Å². The number of sulfone groups is 1. The topological polar surface area (TPSA) is 117 Å². The van der Waals surface area contributed by atoms with Crippen LogP contribution in [0.3, 0.4) is 0 Å². The Morgan fingerprint density at radius 2 is 1.83 bits per heavy atom. The van der Waals surface area contributed by atoms with E-state index >= 15 is 0 Å². The predicted molar refractivity (Wildman–Crippen MR) is 141 cm³/mol. The molecule has 36 heavy (non-hydrogen) atoms. The van der Waals surface area contributed by atoms with Crippen LogP contribution < -0.4 is 10.2 Å². The minimum absolute atomic E-state index is 0.00530. The smallest absolute Gasteiger partial charge is 0.255 e. The first-order valence-corrected chi connectivity index (χ1v) is 15.5. The number of pyridine rings is 1. The molecule has 2 aromatic rings. The standard InChI is InChI=1S/C24H29ClN4O5S2/c1-35(32)20-15-21(27-24(31)18-3-2-4-19(25)14-18)23(26-16-20)29-7-5-17(6-8-29)13-22(30)28-9-11-36(33,34)12-10-28/h2-4,14-17H,5-13H2,1H3,(H,27,31). The Hall–Kier alpha value is -2.50. The molecule has 1 unspecified atom stereocenters. The Bertz CT molecular complexity index is 1270. The first-order valence-electron chi connectivity index (χ1n) is 11.7. The average Bonchev–Trinajstić information content (AvgIpc) is 2.84. The molecule has 2 aliphatic rings. The third kappa shape index (κ3) is 6.63. The van der Waals surface area contributed by atoms with Crippen molar-refractivity contribution in [3.05, 3.63) is 47.1 Å². The van der Waals surface area contributed by atoms with Gasteiger partial charge in [-0.05, 0) is 43.0 Å². The molecule has 1 atom stereocenters. The maximum Gasteiger partial charge on any atom is 0.255 e. The molecule has 0 aliphatic carbocycles. The summed E-state index contributed by atoms with van der Waals surface area (Å²) in [5.41, 5.74) is 0.871. The zero-order valence-electron chi connectivity index (χ0n) is 20.0. The number of carbonyl (C=O) groups is 2. The van der Waals surface area contributed by atoms with E-state index in [-0.39, 0.29) is 42.3 Å². The van der Waals surface area contributed by atoms with Crippen LogP contribution in [0.4, 0.5) is 11.5 Å². The lowest BCUT2D eigenvalue weighted by Gasteiger charge is -2.35. The number of amides is 2. The fourth-order valence-electron chi connectivity index (χ4n) is 4.45. The van der Waals surface area contributed by atoms with E-state index in [1.807, 2.05) is 0 Å². The molecule has 2 fully saturated rings. The molecule has 2 amide bonds. The summed E-state index contributed by atoms with van der Waals surface area (Å²) in [6.07, 6.45) is 5.04. The van der Waals surface area contributed by atoms with Crippen molar-refractivity contribution in [1.82, 2.24) is 9.88 Å². The number of hydrogen-bond acceptors (Lipinski definition) is 7. The first kappa shape index (κ1) is 26.6. The fourth-order valence-corrected chi connectivity index (χ4v) is 6.33. The van der Waals surface area contributed by atoms with Crippen molar-refractivity contribution in [2.24, 2.45) is 5.92 Å². The van der Waals surface area contributed by atoms with Crippen molar-refractivity contribution < 1.29 is 22.2 Å². The minimum atomic E-state index is -3.02. The molecular weight excluding hydrogens is 524 g/mol. The molecule has 12 heteroatoms. The number of hydrogen-bond donors (Lipinski definition) is 1. The number of anilines is 2. The lowest BCUT2D eigenvalue weighted by atomic mass is 9.93. The van der Waals surface area contributed by atoms with Crippen molar-refractivity contribution >= 4 is 55.6 Å². The molecule has 2 aliphatic heterocycles. The highest BCUT2D eigenvalue weighted by Gasteiger charge is 2.29. The van der Waals surface area contributed by atoms with Crippen molar-refractivity contribution in [2.45, 2.75) is 24.2 Å². The highest BCUT2D eigenvalue weighted by atomic mass is 35.5. The maximum atomic E-state index is 12.9. The summed E-state index contributed by atoms with van der Waals surface area (Å²) in [6.45, 7) is 1.83. The van der Waals surface area contributed by atoms with Crippen LogP contribution in [0.15, 0.2) is 41.4 Å². The van der Waals surface area contributed by atoms with Gasteiger partial charge in [-0.3, -0.25) is 13.8 Å². The monoisotopic (exact) mass is 552 g/mol. The molecule has 4 rings (SSSR count). The molecule has 0 bridgehead atoms. The summed E-state index contributed by atoms with van der Waals surface area (Å²) in [6, 6.07) is 8.31. The van der Waals surface area contributed by atoms with Crippen LogP contribution in [0.5, 0.6) is 0 Å². The highest BCUT2D eigenvalue weighted by Crippen LogP contribution is 2.31. The number of halogens is 1. The quantitative estimate of drug-likeness (QED) is 0.585. The number of rotatable bonds is 6. The molecule has 194 valence electrons. The second kappa shape index (κ2) is 11.3. The molecule has 0 spiro atoms. The Morgan fingerprint density at radius 3 is 2.47 bits per heavy atom. The van der Waals surface area contributed by atoms with Crippen LogP contribution in [0, 0.1) is 5.92 Å². The number of nitrogens with zero attached hydrogens (tertiary/aromatic N) is 3. The molecule has 1 aromatic carbocycles. The van der Waals surface area contributed by atoms with Gasteiger partial charge in [-0.1, -0.05) is 17.7 Å². The predicted octanol–water partition coefficient (Wildman–Crippen LogP) is 2.59. The van der Waals surface area contributed by atoms with Gasteiger partial charge in [-0.25, -0.2) is 13.4 Å². The number of benzene rings is 1. The molecule has 9 nitrogen and oxygen atoms in total. The number of aromatic nitrogens is 1. The second-order valence-electron chi connectivity index (χ2n) is 9.13. The second-order valence-corrected chi connectivity index (χ2v) is 13.2. The lowest BCUT2D eigenvalue weighted by molar-refractivity contribution is -0.132. The lowest BCUT2D eigenvalue weighted by Crippen LogP contribution is -2.45. The van der Waals surface area contributed by atoms with Crippen LogP contribution >= 0.6 is 11.6 Å². The third-order valence-corrected chi connectivity index (χ3v) is 9.31. The van der Waals surface area contributed by atoms with Crippen molar-refractivity contribution in [3.8, 4) is 0 Å². The zero-order valence-corrected chi connectivity index (χ0v) is 22.4. The van der Waals surface area contributed by atoms with E-state index in [9.17, 15) is 22.2 Å². The maximum absolute atomic E-state index is 12.9. The SMILES string of the molecule is CS(=O)c1cnc(N2CCC(CC(=O)N3CCS(=O)(=O)CC3)CC2)c(NC(=O)c2cccc(Cl)c2)c1. The largest absolute Gasteiger partial charge is 0.355 e. The van der Waals surface area contributed by atoms with Crippen molar-refractivity contribution in [1.29, 1.82) is 0 Å². The fraction of sp³-hybridized carbons (Fsp3) is 0.458. The van der Waals surface area contributed by atoms with Crippen molar-refractivity contribution in [2.75, 3.05) is 54.2 Å². The summed E-state index contributed by atoms with van der Waals surface area (Å²) in [7, 11) is -4.29. The van der Waals surface area contributed by atoms with Crippen LogP contribution in [0.2, 0.25) is 5.02 Å². The Kier molecular flexibility index (Phi) is 8.31. The number of piperidine rings is 1. The molecule has 2 saturated heterocycles. The van der Waals surface area contributed by atoms with Gasteiger partial charge in [0.2, 0.25) is 5.91 Å². The van der Waals surface area contributed by atoms with Crippen LogP contribution in [0.25, 0.3) is 0 Å². The van der Waals surface area contributed by atoms with E-state index in [1.54, 1.807) is 47.7 Å². The van der Waals surface area contributed by atoms with Gasteiger partial charge in [0.1, 0.15) is 0 Å². The summed E-state index contributed by atoms with van der Waals surface area (Å²) in [5.74, 6) is 0.509. The summed E-state index contributed by atoms with van der Waals surface area (Å²) in [5, 5.41) is 3.34. The van der Waals surface area contributed by atoms with Gasteiger partial charge in [-0.2, -0.15) is 0 Å². The van der Waals surface area contributed by atoms with Crippen LogP contribution in [-0.2, 0) is 25.4 Å². The molecule has 3 heterocycles. The van der Waals surface area contributed by atoms with E-state index in [2.05, 4.69) is 15.2 Å². The van der Waals surface area contributed by atoms with Gasteiger partial charge in [0, 0.05) is 55.6 Å². The van der Waals surface area contributed by atoms with Crippen molar-refractivity contribution in [3.63, 3.8) is 0 Å². The van der Waals surface area contributed by atoms with Gasteiger partial charge in [0.15, 0.2) is 15.7 Å². The molecular formula is C24H29ClN4O5S2. The number of carbonyl (C=O) groups excluding carboxylic acids is 2. The molecule has 0 radical (unpaired) electrons. The Morgan fingerprint density at radius 1 is 1.14 bits per heavy atom. The zero-order chi connectivity index (χ0) is 25.9. The van der Waals surface area contributed by atoms with E-state index in [0.717, 1.165) is 12.8 Å². The minimum Gasteiger partial charge on any atom is -0.355 e. The van der Waals surface area contributed by atoms with E-state index in [0.29, 0.717) is 46.5 Å². The van der Waals surface area contributed by atoms with Gasteiger partial charge in [0.05, 0.1) is 32.9 Å². The van der Waals surface area contributed by atoms with Gasteiger partial charge in [0.25, 0.3) is 5.91 Å². The summed E-state index contributed by atoms with van der Waals surface area (Å²) in [4.78, 5) is 34.3. The Balaban J connectivity index is 1.42. The van der Waals surface area contributed by atoms with Gasteiger partial charge >= 0.3 is 0 Å². The first-order chi connectivity index (χ1) is 17.1.